The maximum atomic E-state index is 3.43. The number of nitrogens with one attached hydrogen (secondary N) is 1. The number of hydrogen-bond acceptors (Lipinski definition) is 3. The van der Waals surface area contributed by atoms with E-state index in [1.807, 2.05) is 11.3 Å². The summed E-state index contributed by atoms with van der Waals surface area (Å²) >= 11 is 1.86. The van der Waals surface area contributed by atoms with Crippen molar-refractivity contribution in [3.63, 3.8) is 0 Å². The van der Waals surface area contributed by atoms with Gasteiger partial charge in [-0.2, -0.15) is 0 Å². The van der Waals surface area contributed by atoms with Gasteiger partial charge in [-0.1, -0.05) is 36.4 Å². The molecule has 1 saturated heterocycles. The maximum Gasteiger partial charge on any atom is 0.0696 e. The van der Waals surface area contributed by atoms with E-state index in [4.69, 9.17) is 0 Å². The number of thiophene rings is 1. The highest BCUT2D eigenvalue weighted by atomic mass is 35.5. The van der Waals surface area contributed by atoms with Gasteiger partial charge in [-0.15, -0.1) is 36.2 Å². The largest absolute Gasteiger partial charge is 0.314 e. The van der Waals surface area contributed by atoms with Crippen molar-refractivity contribution in [2.75, 3.05) is 26.2 Å². The Bertz CT molecular complexity index is 470. The van der Waals surface area contributed by atoms with E-state index >= 15 is 0 Å². The van der Waals surface area contributed by atoms with Gasteiger partial charge in [0.25, 0.3) is 0 Å². The molecule has 0 radical (unpaired) electrons. The summed E-state index contributed by atoms with van der Waals surface area (Å²) in [5, 5.41) is 5.60. The Balaban J connectivity index is 0.000001000. The van der Waals surface area contributed by atoms with Crippen molar-refractivity contribution in [3.05, 3.63) is 58.3 Å². The van der Waals surface area contributed by atoms with Crippen LogP contribution in [0.15, 0.2) is 47.8 Å². The number of benzene rings is 1. The first kappa shape index (κ1) is 17.5. The van der Waals surface area contributed by atoms with Crippen LogP contribution < -0.4 is 5.32 Å². The van der Waals surface area contributed by atoms with Crippen LogP contribution in [0.25, 0.3) is 0 Å². The number of nitrogens with zero attached hydrogens (tertiary/aromatic N) is 1. The SMILES string of the molecule is Cl.Cl.c1ccc([C@H](c2cccs2)N2CCNCC2)cc1. The van der Waals surface area contributed by atoms with Gasteiger partial charge in [-0.05, 0) is 17.0 Å². The normalized spacial score (nSPS) is 16.8. The minimum atomic E-state index is 0. The van der Waals surface area contributed by atoms with E-state index in [1.54, 1.807) is 0 Å². The number of halogens is 2. The molecule has 1 N–H and O–H groups in total. The van der Waals surface area contributed by atoms with Crippen LogP contribution in [0.3, 0.4) is 0 Å². The van der Waals surface area contributed by atoms with E-state index < -0.39 is 0 Å². The highest BCUT2D eigenvalue weighted by Crippen LogP contribution is 2.31. The van der Waals surface area contributed by atoms with E-state index in [0.717, 1.165) is 26.2 Å². The Hall–Kier alpha value is -0.580. The zero-order valence-corrected chi connectivity index (χ0v) is 13.6. The molecule has 0 saturated carbocycles. The van der Waals surface area contributed by atoms with Gasteiger partial charge < -0.3 is 5.32 Å². The molecule has 0 aliphatic carbocycles. The molecule has 3 rings (SSSR count). The fourth-order valence-corrected chi connectivity index (χ4v) is 3.46. The molecule has 1 atom stereocenters. The molecule has 2 nitrogen and oxygen atoms in total. The van der Waals surface area contributed by atoms with Crippen molar-refractivity contribution in [2.45, 2.75) is 6.04 Å². The lowest BCUT2D eigenvalue weighted by atomic mass is 10.0. The summed E-state index contributed by atoms with van der Waals surface area (Å²) in [6, 6.07) is 15.7. The molecule has 1 aromatic carbocycles. The second kappa shape index (κ2) is 8.65. The maximum absolute atomic E-state index is 3.43. The van der Waals surface area contributed by atoms with Crippen molar-refractivity contribution in [1.82, 2.24) is 10.2 Å². The van der Waals surface area contributed by atoms with Crippen LogP contribution in [0, 0.1) is 0 Å². The minimum Gasteiger partial charge on any atom is -0.314 e. The Kier molecular flexibility index (Phi) is 7.56. The standard InChI is InChI=1S/C15H18N2S.2ClH/c1-2-5-13(6-3-1)15(14-7-4-12-18-14)17-10-8-16-9-11-17;;/h1-7,12,15-16H,8-11H2;2*1H/t15-;;/m1../s1. The van der Waals surface area contributed by atoms with Gasteiger partial charge in [0.1, 0.15) is 0 Å². The van der Waals surface area contributed by atoms with Gasteiger partial charge >= 0.3 is 0 Å². The third kappa shape index (κ3) is 3.96. The second-order valence-electron chi connectivity index (χ2n) is 4.61. The van der Waals surface area contributed by atoms with Crippen molar-refractivity contribution in [2.24, 2.45) is 0 Å². The van der Waals surface area contributed by atoms with Crippen LogP contribution >= 0.6 is 36.2 Å². The molecule has 1 aromatic heterocycles. The van der Waals surface area contributed by atoms with Crippen molar-refractivity contribution in [3.8, 4) is 0 Å². The monoisotopic (exact) mass is 330 g/mol. The summed E-state index contributed by atoms with van der Waals surface area (Å²) in [5.74, 6) is 0. The Morgan fingerprint density at radius 2 is 1.65 bits per heavy atom. The van der Waals surface area contributed by atoms with Gasteiger partial charge in [0.2, 0.25) is 0 Å². The summed E-state index contributed by atoms with van der Waals surface area (Å²) in [4.78, 5) is 4.03. The fraction of sp³-hybridized carbons (Fsp3) is 0.333. The summed E-state index contributed by atoms with van der Waals surface area (Å²) in [7, 11) is 0. The van der Waals surface area contributed by atoms with E-state index in [0.29, 0.717) is 6.04 Å². The lowest BCUT2D eigenvalue weighted by molar-refractivity contribution is 0.200. The zero-order valence-electron chi connectivity index (χ0n) is 11.2. The highest BCUT2D eigenvalue weighted by molar-refractivity contribution is 7.10. The van der Waals surface area contributed by atoms with Crippen molar-refractivity contribution < 1.29 is 0 Å². The molecule has 0 spiro atoms. The third-order valence-electron chi connectivity index (χ3n) is 3.44. The quantitative estimate of drug-likeness (QED) is 0.925. The Morgan fingerprint density at radius 3 is 2.25 bits per heavy atom. The zero-order chi connectivity index (χ0) is 12.2. The van der Waals surface area contributed by atoms with Crippen LogP contribution in [0.2, 0.25) is 0 Å². The van der Waals surface area contributed by atoms with Gasteiger partial charge in [0.15, 0.2) is 0 Å². The molecule has 2 heterocycles. The topological polar surface area (TPSA) is 15.3 Å². The van der Waals surface area contributed by atoms with Gasteiger partial charge in [-0.25, -0.2) is 0 Å². The van der Waals surface area contributed by atoms with Crippen LogP contribution in [0.4, 0.5) is 0 Å². The first-order chi connectivity index (χ1) is 8.95. The first-order valence-corrected chi connectivity index (χ1v) is 7.36. The lowest BCUT2D eigenvalue weighted by Gasteiger charge is -2.34. The van der Waals surface area contributed by atoms with Crippen molar-refractivity contribution >= 4 is 36.2 Å². The number of piperazine rings is 1. The molecule has 5 heteroatoms. The predicted molar refractivity (Wildman–Crippen MR) is 91.5 cm³/mol. The molecule has 0 bridgehead atoms. The summed E-state index contributed by atoms with van der Waals surface area (Å²) in [6.07, 6.45) is 0. The van der Waals surface area contributed by atoms with Gasteiger partial charge in [0, 0.05) is 31.1 Å². The van der Waals surface area contributed by atoms with Gasteiger partial charge in [0.05, 0.1) is 6.04 Å². The molecular weight excluding hydrogens is 311 g/mol. The number of rotatable bonds is 3. The molecule has 20 heavy (non-hydrogen) atoms. The van der Waals surface area contributed by atoms with Gasteiger partial charge in [-0.3, -0.25) is 4.90 Å². The highest BCUT2D eigenvalue weighted by Gasteiger charge is 2.24. The molecule has 0 unspecified atom stereocenters. The minimum absolute atomic E-state index is 0. The van der Waals surface area contributed by atoms with E-state index in [2.05, 4.69) is 58.1 Å². The van der Waals surface area contributed by atoms with Crippen LogP contribution in [-0.2, 0) is 0 Å². The molecule has 1 fully saturated rings. The second-order valence-corrected chi connectivity index (χ2v) is 5.59. The molecule has 110 valence electrons. The summed E-state index contributed by atoms with van der Waals surface area (Å²) in [6.45, 7) is 4.43. The average molecular weight is 331 g/mol. The summed E-state index contributed by atoms with van der Waals surface area (Å²) < 4.78 is 0. The van der Waals surface area contributed by atoms with Crippen LogP contribution in [0.1, 0.15) is 16.5 Å². The van der Waals surface area contributed by atoms with E-state index in [-0.39, 0.29) is 24.8 Å². The smallest absolute Gasteiger partial charge is 0.0696 e. The number of hydrogen-bond donors (Lipinski definition) is 1. The molecule has 0 amide bonds. The third-order valence-corrected chi connectivity index (χ3v) is 4.37. The predicted octanol–water partition coefficient (Wildman–Crippen LogP) is 3.59. The van der Waals surface area contributed by atoms with Crippen LogP contribution in [-0.4, -0.2) is 31.1 Å². The van der Waals surface area contributed by atoms with E-state index in [9.17, 15) is 0 Å². The molecule has 1 aliphatic rings. The molecule has 2 aromatic rings. The van der Waals surface area contributed by atoms with E-state index in [1.165, 1.54) is 10.4 Å². The molecule has 1 aliphatic heterocycles. The average Bonchev–Trinajstić information content (AvgIpc) is 2.95. The molecular formula is C15H20Cl2N2S. The Morgan fingerprint density at radius 1 is 0.950 bits per heavy atom. The van der Waals surface area contributed by atoms with Crippen molar-refractivity contribution in [1.29, 1.82) is 0 Å². The fourth-order valence-electron chi connectivity index (χ4n) is 2.58. The first-order valence-electron chi connectivity index (χ1n) is 6.48. The van der Waals surface area contributed by atoms with Crippen LogP contribution in [0.5, 0.6) is 0 Å². The summed E-state index contributed by atoms with van der Waals surface area (Å²) in [5.41, 5.74) is 1.40. The Labute approximate surface area is 137 Å². The lowest BCUT2D eigenvalue weighted by Crippen LogP contribution is -2.45.